The Morgan fingerprint density at radius 2 is 2.38 bits per heavy atom. The van der Waals surface area contributed by atoms with Crippen LogP contribution in [0.25, 0.3) is 0 Å². The van der Waals surface area contributed by atoms with Crippen LogP contribution in [0.3, 0.4) is 0 Å². The Morgan fingerprint density at radius 1 is 1.44 bits per heavy atom. The Balaban J connectivity index is 1.51. The van der Waals surface area contributed by atoms with Crippen molar-refractivity contribution in [3.63, 3.8) is 0 Å². The van der Waals surface area contributed by atoms with Gasteiger partial charge in [0.2, 0.25) is 5.89 Å². The number of hydrogen-bond acceptors (Lipinski definition) is 5. The first-order chi connectivity index (χ1) is 7.84. The van der Waals surface area contributed by atoms with Crippen LogP contribution >= 0.6 is 0 Å². The molecule has 0 aliphatic carbocycles. The second kappa shape index (κ2) is 5.96. The molecule has 1 aliphatic rings. The summed E-state index contributed by atoms with van der Waals surface area (Å²) in [5, 5.41) is 7.21. The van der Waals surface area contributed by atoms with Crippen molar-refractivity contribution in [2.45, 2.75) is 38.7 Å². The Hall–Kier alpha value is -0.940. The van der Waals surface area contributed by atoms with Crippen molar-refractivity contribution < 1.29 is 9.26 Å². The van der Waals surface area contributed by atoms with Crippen LogP contribution < -0.4 is 5.32 Å². The number of nitrogens with zero attached hydrogens (tertiary/aromatic N) is 2. The minimum absolute atomic E-state index is 0.472. The molecule has 0 radical (unpaired) electrons. The molecule has 16 heavy (non-hydrogen) atoms. The van der Waals surface area contributed by atoms with E-state index in [1.807, 2.05) is 0 Å². The van der Waals surface area contributed by atoms with Crippen LogP contribution in [-0.2, 0) is 11.2 Å². The van der Waals surface area contributed by atoms with Crippen LogP contribution in [0.4, 0.5) is 0 Å². The average Bonchev–Trinajstić information content (AvgIpc) is 2.89. The monoisotopic (exact) mass is 225 g/mol. The maximum Gasteiger partial charge on any atom is 0.223 e. The molecular weight excluding hydrogens is 206 g/mol. The molecule has 1 aromatic rings. The largest absolute Gasteiger partial charge is 0.378 e. The highest BCUT2D eigenvalue weighted by Gasteiger charge is 2.14. The van der Waals surface area contributed by atoms with Gasteiger partial charge in [-0.2, -0.15) is 4.98 Å². The molecule has 90 valence electrons. The maximum atomic E-state index is 5.54. The molecule has 2 heterocycles. The smallest absolute Gasteiger partial charge is 0.223 e. The summed E-state index contributed by atoms with van der Waals surface area (Å²) in [5.41, 5.74) is 0. The van der Waals surface area contributed by atoms with Crippen LogP contribution in [0.15, 0.2) is 4.52 Å². The van der Waals surface area contributed by atoms with Gasteiger partial charge in [0.05, 0.1) is 6.10 Å². The van der Waals surface area contributed by atoms with Crippen molar-refractivity contribution >= 4 is 0 Å². The summed E-state index contributed by atoms with van der Waals surface area (Å²) >= 11 is 0. The molecule has 1 aromatic heterocycles. The normalized spacial score (nSPS) is 20.4. The van der Waals surface area contributed by atoms with Crippen molar-refractivity contribution in [2.75, 3.05) is 19.7 Å². The fourth-order valence-electron chi connectivity index (χ4n) is 1.90. The maximum absolute atomic E-state index is 5.54. The summed E-state index contributed by atoms with van der Waals surface area (Å²) in [7, 11) is 0. The zero-order chi connectivity index (χ0) is 11.2. The Kier molecular flexibility index (Phi) is 4.30. The van der Waals surface area contributed by atoms with Crippen molar-refractivity contribution in [2.24, 2.45) is 0 Å². The second-order valence-corrected chi connectivity index (χ2v) is 4.15. The van der Waals surface area contributed by atoms with Gasteiger partial charge in [-0.3, -0.25) is 0 Å². The average molecular weight is 225 g/mol. The molecule has 0 aromatic carbocycles. The molecule has 0 saturated carbocycles. The van der Waals surface area contributed by atoms with E-state index in [4.69, 9.17) is 9.26 Å². The van der Waals surface area contributed by atoms with E-state index in [-0.39, 0.29) is 0 Å². The highest BCUT2D eigenvalue weighted by Crippen LogP contribution is 2.14. The Morgan fingerprint density at radius 3 is 3.06 bits per heavy atom. The number of hydrogen-bond donors (Lipinski definition) is 1. The molecular formula is C11H19N3O2. The minimum Gasteiger partial charge on any atom is -0.378 e. The number of aromatic nitrogens is 2. The number of aryl methyl sites for hydroxylation is 1. The zero-order valence-electron chi connectivity index (χ0n) is 9.74. The Labute approximate surface area is 95.6 Å². The molecule has 1 N–H and O–H groups in total. The predicted octanol–water partition coefficient (Wildman–Crippen LogP) is 1.08. The summed E-state index contributed by atoms with van der Waals surface area (Å²) < 4.78 is 10.4. The Bertz CT molecular complexity index is 308. The highest BCUT2D eigenvalue weighted by atomic mass is 16.5. The van der Waals surface area contributed by atoms with Gasteiger partial charge in [-0.15, -0.1) is 0 Å². The lowest BCUT2D eigenvalue weighted by molar-refractivity contribution is 0.104. The third kappa shape index (κ3) is 3.57. The summed E-state index contributed by atoms with van der Waals surface area (Å²) in [6.45, 7) is 4.64. The van der Waals surface area contributed by atoms with Gasteiger partial charge in [0.15, 0.2) is 5.82 Å². The molecule has 1 fully saturated rings. The van der Waals surface area contributed by atoms with Crippen molar-refractivity contribution in [3.8, 4) is 0 Å². The van der Waals surface area contributed by atoms with E-state index in [2.05, 4.69) is 15.5 Å². The van der Waals surface area contributed by atoms with Gasteiger partial charge in [-0.25, -0.2) is 0 Å². The van der Waals surface area contributed by atoms with E-state index in [0.717, 1.165) is 38.4 Å². The van der Waals surface area contributed by atoms with E-state index in [0.29, 0.717) is 12.0 Å². The van der Waals surface area contributed by atoms with Crippen molar-refractivity contribution in [1.82, 2.24) is 15.5 Å². The van der Waals surface area contributed by atoms with Gasteiger partial charge in [0.1, 0.15) is 0 Å². The number of nitrogens with one attached hydrogen (secondary N) is 1. The van der Waals surface area contributed by atoms with Gasteiger partial charge in [0.25, 0.3) is 0 Å². The van der Waals surface area contributed by atoms with Crippen molar-refractivity contribution in [1.29, 1.82) is 0 Å². The lowest BCUT2D eigenvalue weighted by atomic mass is 10.2. The summed E-state index contributed by atoms with van der Waals surface area (Å²) in [5.74, 6) is 1.41. The predicted molar refractivity (Wildman–Crippen MR) is 59.2 cm³/mol. The SMILES string of the molecule is Cc1nc(CCNCCC2CCCO2)no1. The fraction of sp³-hybridized carbons (Fsp3) is 0.818. The van der Waals surface area contributed by atoms with E-state index >= 15 is 0 Å². The van der Waals surface area contributed by atoms with E-state index in [9.17, 15) is 0 Å². The first kappa shape index (κ1) is 11.5. The quantitative estimate of drug-likeness (QED) is 0.734. The summed E-state index contributed by atoms with van der Waals surface area (Å²) in [6, 6.07) is 0. The van der Waals surface area contributed by atoms with Gasteiger partial charge in [-0.05, 0) is 25.8 Å². The lowest BCUT2D eigenvalue weighted by Gasteiger charge is -2.09. The van der Waals surface area contributed by atoms with Gasteiger partial charge < -0.3 is 14.6 Å². The van der Waals surface area contributed by atoms with Gasteiger partial charge in [0, 0.05) is 26.5 Å². The molecule has 0 spiro atoms. The number of rotatable bonds is 6. The topological polar surface area (TPSA) is 60.2 Å². The molecule has 5 nitrogen and oxygen atoms in total. The second-order valence-electron chi connectivity index (χ2n) is 4.15. The zero-order valence-corrected chi connectivity index (χ0v) is 9.74. The number of ether oxygens (including phenoxy) is 1. The van der Waals surface area contributed by atoms with Gasteiger partial charge in [-0.1, -0.05) is 5.16 Å². The highest BCUT2D eigenvalue weighted by molar-refractivity contribution is 4.84. The molecule has 1 unspecified atom stereocenters. The van der Waals surface area contributed by atoms with Crippen LogP contribution in [0, 0.1) is 6.92 Å². The van der Waals surface area contributed by atoms with Gasteiger partial charge >= 0.3 is 0 Å². The fourth-order valence-corrected chi connectivity index (χ4v) is 1.90. The summed E-state index contributed by atoms with van der Waals surface area (Å²) in [4.78, 5) is 4.14. The molecule has 2 rings (SSSR count). The lowest BCUT2D eigenvalue weighted by Crippen LogP contribution is -2.22. The van der Waals surface area contributed by atoms with Crippen LogP contribution in [0.5, 0.6) is 0 Å². The summed E-state index contributed by atoms with van der Waals surface area (Å²) in [6.07, 6.45) is 4.83. The molecule has 0 amide bonds. The third-order valence-corrected chi connectivity index (χ3v) is 2.76. The van der Waals surface area contributed by atoms with Crippen LogP contribution in [0.2, 0.25) is 0 Å². The van der Waals surface area contributed by atoms with E-state index in [1.54, 1.807) is 6.92 Å². The molecule has 1 saturated heterocycles. The minimum atomic E-state index is 0.472. The standard InChI is InChI=1S/C11H19N3O2/c1-9-13-11(14-16-9)5-7-12-6-4-10-3-2-8-15-10/h10,12H,2-8H2,1H3. The first-order valence-electron chi connectivity index (χ1n) is 5.96. The van der Waals surface area contributed by atoms with Crippen LogP contribution in [-0.4, -0.2) is 35.9 Å². The molecule has 1 atom stereocenters. The third-order valence-electron chi connectivity index (χ3n) is 2.76. The van der Waals surface area contributed by atoms with E-state index in [1.165, 1.54) is 12.8 Å². The van der Waals surface area contributed by atoms with Crippen LogP contribution in [0.1, 0.15) is 31.0 Å². The molecule has 5 heteroatoms. The molecule has 0 bridgehead atoms. The van der Waals surface area contributed by atoms with Crippen molar-refractivity contribution in [3.05, 3.63) is 11.7 Å². The van der Waals surface area contributed by atoms with E-state index < -0.39 is 0 Å². The molecule has 1 aliphatic heterocycles. The first-order valence-corrected chi connectivity index (χ1v) is 5.96.